The molecule has 1 aromatic carbocycles. The van der Waals surface area contributed by atoms with Crippen molar-refractivity contribution >= 4 is 16.9 Å². The summed E-state index contributed by atoms with van der Waals surface area (Å²) in [5, 5.41) is 3.71. The van der Waals surface area contributed by atoms with Gasteiger partial charge >= 0.3 is 6.18 Å². The highest BCUT2D eigenvalue weighted by atomic mass is 19.4. The average Bonchev–Trinajstić information content (AvgIpc) is 3.29. The lowest BCUT2D eigenvalue weighted by Crippen LogP contribution is -2.40. The molecule has 8 heteroatoms. The molecular weight excluding hydrogens is 369 g/mol. The zero-order valence-corrected chi connectivity index (χ0v) is 15.0. The van der Waals surface area contributed by atoms with E-state index in [1.165, 1.54) is 6.33 Å². The highest BCUT2D eigenvalue weighted by molar-refractivity contribution is 5.88. The van der Waals surface area contributed by atoms with E-state index in [4.69, 9.17) is 4.74 Å². The lowest BCUT2D eigenvalue weighted by molar-refractivity contribution is -0.140. The number of nitrogens with one attached hydrogen (secondary N) is 2. The number of anilines is 1. The summed E-state index contributed by atoms with van der Waals surface area (Å²) in [6.45, 7) is 0. The largest absolute Gasteiger partial charge is 0.487 e. The van der Waals surface area contributed by atoms with Crippen LogP contribution in [0.4, 0.5) is 19.0 Å². The molecule has 5 rings (SSSR count). The number of hydrogen-bond donors (Lipinski definition) is 2. The number of benzene rings is 1. The van der Waals surface area contributed by atoms with Crippen LogP contribution in [0, 0.1) is 0 Å². The molecule has 5 nitrogen and oxygen atoms in total. The Balaban J connectivity index is 1.54. The van der Waals surface area contributed by atoms with Crippen LogP contribution in [0.25, 0.3) is 11.0 Å². The maximum Gasteiger partial charge on any atom is 0.431 e. The minimum absolute atomic E-state index is 0.0922. The van der Waals surface area contributed by atoms with Crippen molar-refractivity contribution < 1.29 is 17.9 Å². The van der Waals surface area contributed by atoms with Gasteiger partial charge in [0.2, 0.25) is 0 Å². The van der Waals surface area contributed by atoms with Crippen molar-refractivity contribution in [1.82, 2.24) is 15.0 Å². The van der Waals surface area contributed by atoms with E-state index >= 15 is 0 Å². The van der Waals surface area contributed by atoms with Crippen molar-refractivity contribution in [3.63, 3.8) is 0 Å². The van der Waals surface area contributed by atoms with Crippen LogP contribution in [0.2, 0.25) is 0 Å². The van der Waals surface area contributed by atoms with E-state index in [1.807, 2.05) is 24.3 Å². The van der Waals surface area contributed by atoms with E-state index < -0.39 is 11.9 Å². The third-order valence-corrected chi connectivity index (χ3v) is 5.75. The van der Waals surface area contributed by atoms with E-state index in [9.17, 15) is 13.2 Å². The number of alkyl halides is 3. The molecule has 28 heavy (non-hydrogen) atoms. The number of fused-ring (bicyclic) bond motifs is 2. The van der Waals surface area contributed by atoms with Gasteiger partial charge in [-0.05, 0) is 37.8 Å². The molecule has 1 saturated carbocycles. The van der Waals surface area contributed by atoms with Gasteiger partial charge in [0.15, 0.2) is 0 Å². The maximum atomic E-state index is 13.1. The van der Waals surface area contributed by atoms with Crippen molar-refractivity contribution in [2.45, 2.75) is 49.9 Å². The van der Waals surface area contributed by atoms with Crippen LogP contribution in [0.3, 0.4) is 0 Å². The number of halogens is 3. The second kappa shape index (κ2) is 6.12. The molecule has 0 bridgehead atoms. The quantitative estimate of drug-likeness (QED) is 0.631. The lowest BCUT2D eigenvalue weighted by Gasteiger charge is -2.40. The van der Waals surface area contributed by atoms with Gasteiger partial charge < -0.3 is 15.0 Å². The van der Waals surface area contributed by atoms with Crippen LogP contribution >= 0.6 is 0 Å². The van der Waals surface area contributed by atoms with Crippen LogP contribution in [0.5, 0.6) is 5.75 Å². The first-order valence-corrected chi connectivity index (χ1v) is 9.39. The summed E-state index contributed by atoms with van der Waals surface area (Å²) >= 11 is 0. The summed E-state index contributed by atoms with van der Waals surface area (Å²) in [4.78, 5) is 10.5. The molecule has 1 fully saturated rings. The molecular formula is C20H19F3N4O. The Morgan fingerprint density at radius 2 is 1.93 bits per heavy atom. The Bertz CT molecular complexity index is 1020. The van der Waals surface area contributed by atoms with E-state index in [2.05, 4.69) is 20.3 Å². The fourth-order valence-corrected chi connectivity index (χ4v) is 4.45. The third-order valence-electron chi connectivity index (χ3n) is 5.75. The van der Waals surface area contributed by atoms with Crippen LogP contribution < -0.4 is 10.1 Å². The molecule has 1 atom stereocenters. The number of ether oxygens (including phenoxy) is 1. The molecule has 1 aliphatic carbocycles. The van der Waals surface area contributed by atoms with Crippen LogP contribution in [-0.2, 0) is 6.18 Å². The molecule has 1 aliphatic heterocycles. The Labute approximate surface area is 159 Å². The number of rotatable bonds is 2. The Kier molecular flexibility index (Phi) is 3.79. The molecule has 0 radical (unpaired) electrons. The highest BCUT2D eigenvalue weighted by Gasteiger charge is 2.43. The number of H-pyrrole nitrogens is 1. The minimum atomic E-state index is -4.46. The fraction of sp³-hybridized carbons (Fsp3) is 0.400. The molecule has 146 valence electrons. The van der Waals surface area contributed by atoms with Gasteiger partial charge in [0.05, 0.1) is 11.4 Å². The lowest BCUT2D eigenvalue weighted by atomic mass is 9.86. The summed E-state index contributed by atoms with van der Waals surface area (Å²) in [6.07, 6.45) is 1.79. The molecule has 1 unspecified atom stereocenters. The Morgan fingerprint density at radius 3 is 2.71 bits per heavy atom. The van der Waals surface area contributed by atoms with Crippen molar-refractivity contribution in [3.05, 3.63) is 47.9 Å². The number of nitrogens with zero attached hydrogens (tertiary/aromatic N) is 2. The van der Waals surface area contributed by atoms with Crippen molar-refractivity contribution in [1.29, 1.82) is 0 Å². The molecule has 3 aromatic rings. The minimum Gasteiger partial charge on any atom is -0.487 e. The number of aromatic amines is 1. The van der Waals surface area contributed by atoms with Gasteiger partial charge in [0.1, 0.15) is 34.8 Å². The number of para-hydroxylation sites is 1. The zero-order chi connectivity index (χ0) is 19.4. The van der Waals surface area contributed by atoms with Gasteiger partial charge in [0, 0.05) is 12.0 Å². The first kappa shape index (κ1) is 17.3. The molecule has 2 aromatic heterocycles. The first-order chi connectivity index (χ1) is 13.4. The first-order valence-electron chi connectivity index (χ1n) is 9.39. The predicted octanol–water partition coefficient (Wildman–Crippen LogP) is 5.23. The van der Waals surface area contributed by atoms with Crippen LogP contribution in [0.15, 0.2) is 36.7 Å². The van der Waals surface area contributed by atoms with Crippen molar-refractivity contribution in [2.75, 3.05) is 5.32 Å². The molecule has 1 spiro atoms. The summed E-state index contributed by atoms with van der Waals surface area (Å²) in [5.74, 6) is 1.23. The van der Waals surface area contributed by atoms with Crippen LogP contribution in [-0.4, -0.2) is 20.6 Å². The standard InChI is InChI=1S/C20H19F3N4O/c21-20(22,23)16-9-13-17(24-11-25-18(13)27-16)26-14-10-19(7-3-4-8-19)28-15-6-2-1-5-12(14)15/h1-2,5-6,9,11,14H,3-4,7-8,10H2,(H2,24,25,26,27). The zero-order valence-electron chi connectivity index (χ0n) is 15.0. The normalized spacial score (nSPS) is 20.9. The monoisotopic (exact) mass is 388 g/mol. The average molecular weight is 388 g/mol. The topological polar surface area (TPSA) is 62.8 Å². The van der Waals surface area contributed by atoms with Gasteiger partial charge in [-0.2, -0.15) is 13.2 Å². The van der Waals surface area contributed by atoms with E-state index in [0.717, 1.165) is 49.5 Å². The molecule has 0 saturated heterocycles. The summed E-state index contributed by atoms with van der Waals surface area (Å²) < 4.78 is 45.6. The van der Waals surface area contributed by atoms with Gasteiger partial charge in [-0.1, -0.05) is 18.2 Å². The van der Waals surface area contributed by atoms with Gasteiger partial charge in [0.25, 0.3) is 0 Å². The SMILES string of the molecule is FC(F)(F)c1cc2c(NC3CC4(CCCC4)Oc4ccccc43)ncnc2[nH]1. The number of aromatic nitrogens is 3. The highest BCUT2D eigenvalue weighted by Crippen LogP contribution is 2.48. The molecule has 2 aliphatic rings. The smallest absolute Gasteiger partial charge is 0.431 e. The van der Waals surface area contributed by atoms with Gasteiger partial charge in [-0.3, -0.25) is 0 Å². The second-order valence-electron chi connectivity index (χ2n) is 7.60. The molecule has 0 amide bonds. The summed E-state index contributed by atoms with van der Waals surface area (Å²) in [6, 6.07) is 8.80. The molecule has 3 heterocycles. The van der Waals surface area contributed by atoms with E-state index in [1.54, 1.807) is 0 Å². The third kappa shape index (κ3) is 2.87. The Morgan fingerprint density at radius 1 is 1.14 bits per heavy atom. The maximum absolute atomic E-state index is 13.1. The number of hydrogen-bond acceptors (Lipinski definition) is 4. The molecule has 2 N–H and O–H groups in total. The second-order valence-corrected chi connectivity index (χ2v) is 7.60. The Hall–Kier alpha value is -2.77. The fourth-order valence-electron chi connectivity index (χ4n) is 4.45. The van der Waals surface area contributed by atoms with Crippen molar-refractivity contribution in [3.8, 4) is 5.75 Å². The van der Waals surface area contributed by atoms with Gasteiger partial charge in [-0.15, -0.1) is 0 Å². The summed E-state index contributed by atoms with van der Waals surface area (Å²) in [7, 11) is 0. The predicted molar refractivity (Wildman–Crippen MR) is 98.1 cm³/mol. The van der Waals surface area contributed by atoms with Crippen LogP contribution in [0.1, 0.15) is 49.4 Å². The summed E-state index contributed by atoms with van der Waals surface area (Å²) in [5.41, 5.74) is 0.123. The van der Waals surface area contributed by atoms with E-state index in [-0.39, 0.29) is 17.3 Å². The van der Waals surface area contributed by atoms with E-state index in [0.29, 0.717) is 11.2 Å². The van der Waals surface area contributed by atoms with Gasteiger partial charge in [-0.25, -0.2) is 9.97 Å². The van der Waals surface area contributed by atoms with Crippen molar-refractivity contribution in [2.24, 2.45) is 0 Å².